The van der Waals surface area contributed by atoms with E-state index in [1.54, 1.807) is 0 Å². The third kappa shape index (κ3) is 1.70. The summed E-state index contributed by atoms with van der Waals surface area (Å²) in [6.45, 7) is 3.57. The summed E-state index contributed by atoms with van der Waals surface area (Å²) in [6, 6.07) is 4.07. The average Bonchev–Trinajstić information content (AvgIpc) is 2.53. The molecule has 1 heterocycles. The predicted octanol–water partition coefficient (Wildman–Crippen LogP) is -0.382. The number of hydrogen-bond donors (Lipinski definition) is 3. The Morgan fingerprint density at radius 3 is 2.69 bits per heavy atom. The van der Waals surface area contributed by atoms with Gasteiger partial charge in [0.2, 0.25) is 0 Å². The standard InChI is InChI=1S/C11H9NO4/c1-6-9(11(15)16-12-6)4-7-2-3-8(13)5-10(7)14/h2-5,12-14H,1H2. The molecule has 3 N–H and O–H groups in total. The van der Waals surface area contributed by atoms with Crippen LogP contribution < -0.4 is 16.2 Å². The number of hydrogen-bond acceptors (Lipinski definition) is 4. The molecule has 0 saturated heterocycles. The number of aromatic amines is 1. The lowest BCUT2D eigenvalue weighted by atomic mass is 10.1. The number of aromatic nitrogens is 1. The third-order valence-electron chi connectivity index (χ3n) is 2.13. The van der Waals surface area contributed by atoms with Gasteiger partial charge >= 0.3 is 5.63 Å². The highest BCUT2D eigenvalue weighted by molar-refractivity contribution is 5.58. The Balaban J connectivity index is 2.69. The minimum Gasteiger partial charge on any atom is -0.508 e. The van der Waals surface area contributed by atoms with Gasteiger partial charge in [0.1, 0.15) is 11.5 Å². The number of benzene rings is 1. The Morgan fingerprint density at radius 1 is 1.38 bits per heavy atom. The van der Waals surface area contributed by atoms with E-state index in [2.05, 4.69) is 16.3 Å². The van der Waals surface area contributed by atoms with Crippen LogP contribution in [0.5, 0.6) is 11.5 Å². The molecule has 0 atom stereocenters. The van der Waals surface area contributed by atoms with Crippen molar-refractivity contribution in [1.29, 1.82) is 0 Å². The lowest BCUT2D eigenvalue weighted by Gasteiger charge is -1.98. The molecular formula is C11H9NO4. The van der Waals surface area contributed by atoms with E-state index in [1.165, 1.54) is 24.3 Å². The zero-order valence-corrected chi connectivity index (χ0v) is 8.23. The lowest BCUT2D eigenvalue weighted by Crippen LogP contribution is -2.31. The van der Waals surface area contributed by atoms with Crippen LogP contribution in [0.15, 0.2) is 27.5 Å². The normalized spacial score (nSPS) is 11.9. The second-order valence-electron chi connectivity index (χ2n) is 3.27. The summed E-state index contributed by atoms with van der Waals surface area (Å²) in [5.74, 6) is -0.175. The first kappa shape index (κ1) is 10.1. The average molecular weight is 219 g/mol. The molecule has 0 aliphatic heterocycles. The summed E-state index contributed by atoms with van der Waals surface area (Å²) < 4.78 is 4.53. The molecule has 1 aromatic heterocycles. The molecule has 16 heavy (non-hydrogen) atoms. The van der Waals surface area contributed by atoms with Gasteiger partial charge in [0.05, 0.1) is 10.6 Å². The van der Waals surface area contributed by atoms with Crippen LogP contribution in [-0.2, 0) is 0 Å². The first-order valence-electron chi connectivity index (χ1n) is 4.48. The van der Waals surface area contributed by atoms with Gasteiger partial charge in [-0.1, -0.05) is 6.58 Å². The van der Waals surface area contributed by atoms with Crippen molar-refractivity contribution >= 4 is 12.7 Å². The van der Waals surface area contributed by atoms with Gasteiger partial charge in [-0.2, -0.15) is 0 Å². The number of rotatable bonds is 1. The molecule has 0 spiro atoms. The maximum absolute atomic E-state index is 11.2. The zero-order valence-electron chi connectivity index (χ0n) is 8.23. The van der Waals surface area contributed by atoms with Gasteiger partial charge in [-0.05, 0) is 18.2 Å². The van der Waals surface area contributed by atoms with Gasteiger partial charge in [-0.15, -0.1) is 0 Å². The summed E-state index contributed by atoms with van der Waals surface area (Å²) in [5.41, 5.74) is -0.160. The van der Waals surface area contributed by atoms with Crippen molar-refractivity contribution in [3.05, 3.63) is 44.8 Å². The topological polar surface area (TPSA) is 86.5 Å². The minimum absolute atomic E-state index is 0.0504. The highest BCUT2D eigenvalue weighted by Crippen LogP contribution is 2.22. The number of phenols is 2. The van der Waals surface area contributed by atoms with Crippen molar-refractivity contribution in [2.24, 2.45) is 0 Å². The van der Waals surface area contributed by atoms with Gasteiger partial charge in [0.15, 0.2) is 0 Å². The van der Waals surface area contributed by atoms with Crippen molar-refractivity contribution in [1.82, 2.24) is 5.16 Å². The maximum Gasteiger partial charge on any atom is 0.365 e. The summed E-state index contributed by atoms with van der Waals surface area (Å²) in [4.78, 5) is 11.2. The van der Waals surface area contributed by atoms with Gasteiger partial charge < -0.3 is 14.7 Å². The molecule has 0 bridgehead atoms. The SMILES string of the molecule is C=c1[nH]oc(=O)c1=Cc1ccc(O)cc1O. The molecule has 0 radical (unpaired) electrons. The van der Waals surface area contributed by atoms with E-state index >= 15 is 0 Å². The quantitative estimate of drug-likeness (QED) is 0.610. The number of nitrogens with one attached hydrogen (secondary N) is 1. The van der Waals surface area contributed by atoms with Crippen LogP contribution in [0.25, 0.3) is 12.7 Å². The van der Waals surface area contributed by atoms with Crippen LogP contribution >= 0.6 is 0 Å². The Labute approximate surface area is 89.6 Å². The van der Waals surface area contributed by atoms with Crippen LogP contribution in [0.2, 0.25) is 0 Å². The van der Waals surface area contributed by atoms with Crippen LogP contribution in [0.3, 0.4) is 0 Å². The van der Waals surface area contributed by atoms with E-state index < -0.39 is 5.63 Å². The van der Waals surface area contributed by atoms with Crippen LogP contribution in [0, 0.1) is 0 Å². The molecule has 0 aliphatic carbocycles. The number of phenolic OH excluding ortho intramolecular Hbond substituents is 2. The van der Waals surface area contributed by atoms with Crippen molar-refractivity contribution in [2.75, 3.05) is 0 Å². The van der Waals surface area contributed by atoms with E-state index in [-0.39, 0.29) is 16.7 Å². The zero-order chi connectivity index (χ0) is 11.7. The second-order valence-corrected chi connectivity index (χ2v) is 3.27. The van der Waals surface area contributed by atoms with E-state index in [0.29, 0.717) is 10.9 Å². The molecule has 0 unspecified atom stereocenters. The predicted molar refractivity (Wildman–Crippen MR) is 57.4 cm³/mol. The second kappa shape index (κ2) is 3.62. The van der Waals surface area contributed by atoms with Crippen molar-refractivity contribution in [3.8, 4) is 11.5 Å². The molecule has 0 fully saturated rings. The molecule has 82 valence electrons. The van der Waals surface area contributed by atoms with Crippen molar-refractivity contribution in [3.63, 3.8) is 0 Å². The molecule has 5 nitrogen and oxygen atoms in total. The Hall–Kier alpha value is -2.43. The first-order chi connectivity index (χ1) is 7.58. The van der Waals surface area contributed by atoms with E-state index in [1.807, 2.05) is 0 Å². The highest BCUT2D eigenvalue weighted by atomic mass is 16.5. The molecule has 2 rings (SSSR count). The van der Waals surface area contributed by atoms with Gasteiger partial charge in [-0.3, -0.25) is 0 Å². The minimum atomic E-state index is -0.558. The summed E-state index contributed by atoms with van der Waals surface area (Å²) in [7, 11) is 0. The molecule has 5 heteroatoms. The Morgan fingerprint density at radius 2 is 2.12 bits per heavy atom. The van der Waals surface area contributed by atoms with Gasteiger partial charge in [0.25, 0.3) is 0 Å². The van der Waals surface area contributed by atoms with Gasteiger partial charge in [-0.25, -0.2) is 9.95 Å². The highest BCUT2D eigenvalue weighted by Gasteiger charge is 2.01. The fraction of sp³-hybridized carbons (Fsp3) is 0. The number of aromatic hydroxyl groups is 2. The fourth-order valence-corrected chi connectivity index (χ4v) is 1.30. The molecule has 0 aliphatic rings. The molecule has 0 saturated carbocycles. The van der Waals surface area contributed by atoms with Crippen LogP contribution in [0.1, 0.15) is 5.56 Å². The van der Waals surface area contributed by atoms with E-state index in [9.17, 15) is 9.90 Å². The maximum atomic E-state index is 11.2. The van der Waals surface area contributed by atoms with E-state index in [0.717, 1.165) is 0 Å². The molecule has 2 aromatic rings. The first-order valence-corrected chi connectivity index (χ1v) is 4.48. The summed E-state index contributed by atoms with van der Waals surface area (Å²) >= 11 is 0. The van der Waals surface area contributed by atoms with E-state index in [4.69, 9.17) is 5.11 Å². The number of H-pyrrole nitrogens is 1. The molecular weight excluding hydrogens is 210 g/mol. The summed E-state index contributed by atoms with van der Waals surface area (Å²) in [5, 5.41) is 21.5. The van der Waals surface area contributed by atoms with Crippen molar-refractivity contribution < 1.29 is 14.7 Å². The van der Waals surface area contributed by atoms with Crippen LogP contribution in [-0.4, -0.2) is 15.4 Å². The Kier molecular flexibility index (Phi) is 2.28. The smallest absolute Gasteiger partial charge is 0.365 e. The largest absolute Gasteiger partial charge is 0.508 e. The molecule has 0 amide bonds. The molecule has 1 aromatic carbocycles. The summed E-state index contributed by atoms with van der Waals surface area (Å²) in [6.07, 6.45) is 1.43. The Bertz CT molecular complexity index is 650. The van der Waals surface area contributed by atoms with Gasteiger partial charge in [0, 0.05) is 11.6 Å². The lowest BCUT2D eigenvalue weighted by molar-refractivity contribution is 0.386. The van der Waals surface area contributed by atoms with Crippen LogP contribution in [0.4, 0.5) is 0 Å². The third-order valence-corrected chi connectivity index (χ3v) is 2.13. The monoisotopic (exact) mass is 219 g/mol. The fourth-order valence-electron chi connectivity index (χ4n) is 1.30. The van der Waals surface area contributed by atoms with Crippen molar-refractivity contribution in [2.45, 2.75) is 0 Å².